The highest BCUT2D eigenvalue weighted by molar-refractivity contribution is 9.10. The van der Waals surface area contributed by atoms with Crippen LogP contribution in [0.2, 0.25) is 0 Å². The Balaban J connectivity index is 2.08. The van der Waals surface area contributed by atoms with Crippen molar-refractivity contribution >= 4 is 15.9 Å². The average molecular weight is 336 g/mol. The lowest BCUT2D eigenvalue weighted by molar-refractivity contribution is 0.265. The van der Waals surface area contributed by atoms with Gasteiger partial charge in [0.25, 0.3) is 0 Å². The van der Waals surface area contributed by atoms with E-state index < -0.39 is 0 Å². The number of aromatic hydroxyl groups is 1. The van der Waals surface area contributed by atoms with Crippen LogP contribution >= 0.6 is 15.9 Å². The minimum Gasteiger partial charge on any atom is -0.508 e. The summed E-state index contributed by atoms with van der Waals surface area (Å²) in [5, 5.41) is 22.1. The van der Waals surface area contributed by atoms with E-state index in [1.165, 1.54) is 0 Å². The van der Waals surface area contributed by atoms with Crippen molar-refractivity contribution in [2.75, 3.05) is 6.61 Å². The van der Waals surface area contributed by atoms with Gasteiger partial charge in [-0.15, -0.1) is 0 Å². The molecule has 0 aliphatic heterocycles. The van der Waals surface area contributed by atoms with Gasteiger partial charge in [-0.3, -0.25) is 0 Å². The zero-order chi connectivity index (χ0) is 14.4. The van der Waals surface area contributed by atoms with Gasteiger partial charge >= 0.3 is 0 Å². The van der Waals surface area contributed by atoms with Gasteiger partial charge < -0.3 is 15.5 Å². The average Bonchev–Trinajstić information content (AvgIpc) is 2.44. The third-order valence-corrected chi connectivity index (χ3v) is 3.88. The van der Waals surface area contributed by atoms with Crippen LogP contribution in [0, 0.1) is 0 Å². The molecule has 0 amide bonds. The van der Waals surface area contributed by atoms with Crippen LogP contribution in [0.15, 0.2) is 53.0 Å². The van der Waals surface area contributed by atoms with E-state index in [1.54, 1.807) is 12.1 Å². The van der Waals surface area contributed by atoms with Crippen molar-refractivity contribution in [1.29, 1.82) is 0 Å². The molecule has 4 heteroatoms. The highest BCUT2D eigenvalue weighted by Gasteiger charge is 2.13. The first-order valence-corrected chi connectivity index (χ1v) is 7.36. The van der Waals surface area contributed by atoms with Gasteiger partial charge in [0.15, 0.2) is 0 Å². The standard InChI is InChI=1S/C16H18BrNO2/c17-15-7-2-1-6-14(15)16(8-9-19)18-11-12-4-3-5-13(20)10-12/h1-7,10,16,18-20H,8-9,11H2/t16-/m1/s1. The highest BCUT2D eigenvalue weighted by atomic mass is 79.9. The molecule has 0 aliphatic rings. The number of nitrogens with one attached hydrogen (secondary N) is 1. The molecule has 0 saturated carbocycles. The van der Waals surface area contributed by atoms with E-state index in [0.29, 0.717) is 13.0 Å². The number of halogens is 1. The topological polar surface area (TPSA) is 52.5 Å². The van der Waals surface area contributed by atoms with E-state index >= 15 is 0 Å². The first-order chi connectivity index (χ1) is 9.70. The predicted octanol–water partition coefficient (Wildman–Crippen LogP) is 3.37. The van der Waals surface area contributed by atoms with Crippen LogP contribution in [0.3, 0.4) is 0 Å². The Labute approximate surface area is 127 Å². The second-order valence-corrected chi connectivity index (χ2v) is 5.49. The molecular weight excluding hydrogens is 318 g/mol. The molecule has 106 valence electrons. The summed E-state index contributed by atoms with van der Waals surface area (Å²) in [5.74, 6) is 0.267. The highest BCUT2D eigenvalue weighted by Crippen LogP contribution is 2.25. The number of benzene rings is 2. The summed E-state index contributed by atoms with van der Waals surface area (Å²) in [6.45, 7) is 0.763. The van der Waals surface area contributed by atoms with Crippen molar-refractivity contribution in [2.24, 2.45) is 0 Å². The maximum atomic E-state index is 9.47. The monoisotopic (exact) mass is 335 g/mol. The smallest absolute Gasteiger partial charge is 0.115 e. The van der Waals surface area contributed by atoms with E-state index in [1.807, 2.05) is 36.4 Å². The molecule has 2 rings (SSSR count). The van der Waals surface area contributed by atoms with Crippen LogP contribution in [0.1, 0.15) is 23.6 Å². The Bertz CT molecular complexity index is 560. The second-order valence-electron chi connectivity index (χ2n) is 4.64. The van der Waals surface area contributed by atoms with Crippen LogP contribution in [0.5, 0.6) is 5.75 Å². The molecule has 3 N–H and O–H groups in total. The molecule has 2 aromatic carbocycles. The van der Waals surface area contributed by atoms with Crippen molar-refractivity contribution < 1.29 is 10.2 Å². The number of aliphatic hydroxyl groups excluding tert-OH is 1. The lowest BCUT2D eigenvalue weighted by atomic mass is 10.0. The van der Waals surface area contributed by atoms with Gasteiger partial charge in [0.1, 0.15) is 5.75 Å². The van der Waals surface area contributed by atoms with Gasteiger partial charge in [0.2, 0.25) is 0 Å². The van der Waals surface area contributed by atoms with E-state index in [4.69, 9.17) is 0 Å². The molecule has 0 aliphatic carbocycles. The third kappa shape index (κ3) is 4.07. The number of phenols is 1. The third-order valence-electron chi connectivity index (χ3n) is 3.16. The first kappa shape index (κ1) is 15.0. The molecule has 0 heterocycles. The number of hydrogen-bond donors (Lipinski definition) is 3. The van der Waals surface area contributed by atoms with Gasteiger partial charge in [0, 0.05) is 23.7 Å². The van der Waals surface area contributed by atoms with Crippen LogP contribution in [0.25, 0.3) is 0 Å². The molecular formula is C16H18BrNO2. The Morgan fingerprint density at radius 1 is 1.10 bits per heavy atom. The van der Waals surface area contributed by atoms with E-state index in [-0.39, 0.29) is 18.4 Å². The maximum Gasteiger partial charge on any atom is 0.115 e. The van der Waals surface area contributed by atoms with Crippen LogP contribution in [0.4, 0.5) is 0 Å². The van der Waals surface area contributed by atoms with Crippen molar-refractivity contribution in [3.8, 4) is 5.75 Å². The molecule has 2 aromatic rings. The summed E-state index contributed by atoms with van der Waals surface area (Å²) >= 11 is 3.54. The zero-order valence-corrected chi connectivity index (χ0v) is 12.7. The molecule has 0 saturated heterocycles. The summed E-state index contributed by atoms with van der Waals surface area (Å²) in [4.78, 5) is 0. The van der Waals surface area contributed by atoms with Gasteiger partial charge in [-0.25, -0.2) is 0 Å². The van der Waals surface area contributed by atoms with E-state index in [0.717, 1.165) is 15.6 Å². The van der Waals surface area contributed by atoms with Crippen molar-refractivity contribution in [2.45, 2.75) is 19.0 Å². The first-order valence-electron chi connectivity index (χ1n) is 6.57. The van der Waals surface area contributed by atoms with Gasteiger partial charge in [-0.2, -0.15) is 0 Å². The van der Waals surface area contributed by atoms with Crippen molar-refractivity contribution in [1.82, 2.24) is 5.32 Å². The van der Waals surface area contributed by atoms with Crippen molar-refractivity contribution in [3.63, 3.8) is 0 Å². The molecule has 20 heavy (non-hydrogen) atoms. The SMILES string of the molecule is OCC[C@@H](NCc1cccc(O)c1)c1ccccc1Br. The molecule has 0 fully saturated rings. The van der Waals surface area contributed by atoms with E-state index in [9.17, 15) is 10.2 Å². The molecule has 0 radical (unpaired) electrons. The molecule has 0 unspecified atom stereocenters. The quantitative estimate of drug-likeness (QED) is 0.758. The zero-order valence-electron chi connectivity index (χ0n) is 11.1. The largest absolute Gasteiger partial charge is 0.508 e. The molecule has 0 bridgehead atoms. The van der Waals surface area contributed by atoms with Gasteiger partial charge in [-0.05, 0) is 35.7 Å². The fourth-order valence-electron chi connectivity index (χ4n) is 2.16. The maximum absolute atomic E-state index is 9.47. The summed E-state index contributed by atoms with van der Waals surface area (Å²) in [7, 11) is 0. The lowest BCUT2D eigenvalue weighted by Gasteiger charge is -2.19. The molecule has 3 nitrogen and oxygen atoms in total. The van der Waals surface area contributed by atoms with E-state index in [2.05, 4.69) is 21.2 Å². The predicted molar refractivity (Wildman–Crippen MR) is 83.5 cm³/mol. The second kappa shape index (κ2) is 7.43. The minimum absolute atomic E-state index is 0.0675. The minimum atomic E-state index is 0.0675. The number of phenolic OH excluding ortho intramolecular Hbond substituents is 1. The number of hydrogen-bond acceptors (Lipinski definition) is 3. The number of rotatable bonds is 6. The fraction of sp³-hybridized carbons (Fsp3) is 0.250. The Kier molecular flexibility index (Phi) is 5.59. The fourth-order valence-corrected chi connectivity index (χ4v) is 2.72. The van der Waals surface area contributed by atoms with Crippen LogP contribution < -0.4 is 5.32 Å². The summed E-state index contributed by atoms with van der Waals surface area (Å²) < 4.78 is 1.03. The summed E-state index contributed by atoms with van der Waals surface area (Å²) in [6, 6.07) is 15.2. The molecule has 1 atom stereocenters. The van der Waals surface area contributed by atoms with Crippen LogP contribution in [-0.2, 0) is 6.54 Å². The Morgan fingerprint density at radius 3 is 2.60 bits per heavy atom. The summed E-state index contributed by atoms with van der Waals surface area (Å²) in [5.41, 5.74) is 2.14. The molecule has 0 spiro atoms. The lowest BCUT2D eigenvalue weighted by Crippen LogP contribution is -2.22. The normalized spacial score (nSPS) is 12.3. The van der Waals surface area contributed by atoms with Gasteiger partial charge in [0.05, 0.1) is 0 Å². The van der Waals surface area contributed by atoms with Crippen molar-refractivity contribution in [3.05, 3.63) is 64.1 Å². The van der Waals surface area contributed by atoms with Crippen LogP contribution in [-0.4, -0.2) is 16.8 Å². The number of aliphatic hydroxyl groups is 1. The van der Waals surface area contributed by atoms with Gasteiger partial charge in [-0.1, -0.05) is 46.3 Å². The Hall–Kier alpha value is -1.36. The molecule has 0 aromatic heterocycles. The summed E-state index contributed by atoms with van der Waals surface area (Å²) in [6.07, 6.45) is 0.640. The Morgan fingerprint density at radius 2 is 1.90 bits per heavy atom.